The lowest BCUT2D eigenvalue weighted by atomic mass is 10.1. The number of hydrogen-bond donors (Lipinski definition) is 3. The van der Waals surface area contributed by atoms with Gasteiger partial charge in [-0.25, -0.2) is 9.53 Å². The molecular weight excluding hydrogens is 362 g/mol. The van der Waals surface area contributed by atoms with E-state index in [9.17, 15) is 14.8 Å². The Morgan fingerprint density at radius 2 is 2.16 bits per heavy atom. The largest absolute Gasteiger partial charge is 0.623 e. The van der Waals surface area contributed by atoms with E-state index in [1.807, 2.05) is 0 Å². The molecule has 0 bridgehead atoms. The smallest absolute Gasteiger partial charge is 0.327 e. The van der Waals surface area contributed by atoms with Crippen LogP contribution in [0.3, 0.4) is 0 Å². The molecule has 25 heavy (non-hydrogen) atoms. The highest BCUT2D eigenvalue weighted by Crippen LogP contribution is 2.23. The maximum Gasteiger partial charge on any atom is 0.327 e. The monoisotopic (exact) mass is 381 g/mol. The van der Waals surface area contributed by atoms with Gasteiger partial charge in [0, 0.05) is 37.5 Å². The Morgan fingerprint density at radius 1 is 1.48 bits per heavy atom. The molecule has 1 heterocycles. The van der Waals surface area contributed by atoms with Gasteiger partial charge in [0.1, 0.15) is 11.7 Å². The summed E-state index contributed by atoms with van der Waals surface area (Å²) in [6, 6.07) is 3.85. The summed E-state index contributed by atoms with van der Waals surface area (Å²) in [6.45, 7) is 5.40. The molecule has 0 aliphatic heterocycles. The van der Waals surface area contributed by atoms with Crippen molar-refractivity contribution in [2.75, 3.05) is 5.75 Å². The van der Waals surface area contributed by atoms with Crippen molar-refractivity contribution >= 4 is 52.3 Å². The number of benzene rings is 1. The molecule has 0 saturated carbocycles. The molecule has 1 amide bonds. The number of carbonyl (C=O) groups excluding carboxylic acids is 1. The molecule has 1 aromatic heterocycles. The summed E-state index contributed by atoms with van der Waals surface area (Å²) >= 11 is 5.09. The third-order valence-electron chi connectivity index (χ3n) is 3.45. The highest BCUT2D eigenvalue weighted by atomic mass is 32.1. The van der Waals surface area contributed by atoms with Gasteiger partial charge in [-0.2, -0.15) is 17.0 Å². The van der Waals surface area contributed by atoms with Gasteiger partial charge in [-0.1, -0.05) is 6.07 Å². The number of amides is 1. The highest BCUT2D eigenvalue weighted by Gasteiger charge is 2.21. The summed E-state index contributed by atoms with van der Waals surface area (Å²) in [5.74, 6) is -1.64. The van der Waals surface area contributed by atoms with E-state index in [1.54, 1.807) is 39.0 Å². The van der Waals surface area contributed by atoms with Gasteiger partial charge in [0.15, 0.2) is 5.54 Å². The van der Waals surface area contributed by atoms with E-state index in [-0.39, 0.29) is 5.75 Å². The van der Waals surface area contributed by atoms with Crippen molar-refractivity contribution in [1.82, 2.24) is 9.69 Å². The van der Waals surface area contributed by atoms with E-state index in [0.717, 1.165) is 14.8 Å². The second-order valence-corrected chi connectivity index (χ2v) is 7.62. The maximum absolute atomic E-state index is 12.2. The Morgan fingerprint density at radius 3 is 2.72 bits per heavy atom. The summed E-state index contributed by atoms with van der Waals surface area (Å²) in [5, 5.41) is 24.2. The third-order valence-corrected chi connectivity index (χ3v) is 4.64. The second-order valence-electron chi connectivity index (χ2n) is 6.45. The first-order valence-electron chi connectivity index (χ1n) is 7.49. The number of carboxylic acid groups (broad SMARTS) is 1. The van der Waals surface area contributed by atoms with Crippen LogP contribution in [0.4, 0.5) is 0 Å². The number of nitrogens with one attached hydrogen (secondary N) is 1. The van der Waals surface area contributed by atoms with E-state index in [2.05, 4.69) is 22.3 Å². The Hall–Kier alpha value is -2.13. The van der Waals surface area contributed by atoms with Crippen LogP contribution in [0.25, 0.3) is 10.1 Å². The Bertz CT molecular complexity index is 840. The number of hydrogen-bond acceptors (Lipinski definition) is 6. The lowest BCUT2D eigenvalue weighted by Crippen LogP contribution is -2.42. The number of fused-ring (bicyclic) bond motifs is 1. The number of carboxylic acids is 1. The minimum Gasteiger partial charge on any atom is -0.623 e. The van der Waals surface area contributed by atoms with Crippen LogP contribution in [-0.2, 0) is 4.79 Å². The SMILES string of the molecule is CC(C)(C)/[N+]([O-])=C\c1nsc2cc(C(=O)NC(CS)C(=O)O)ccc12. The molecule has 1 unspecified atom stereocenters. The number of aromatic nitrogens is 1. The number of rotatable bonds is 5. The standard InChI is InChI=1S/C16H19N3O4S2/c1-16(2,3)19(23)7-11-10-5-4-9(6-13(10)25-18-11)14(20)17-12(8-24)15(21)22/h4-7,12,24H,8H2,1-3H3,(H,17,20)(H,21,22)/b19-7+. The van der Waals surface area contributed by atoms with Gasteiger partial charge in [0.25, 0.3) is 5.91 Å². The number of nitrogens with zero attached hydrogens (tertiary/aromatic N) is 2. The van der Waals surface area contributed by atoms with E-state index < -0.39 is 23.5 Å². The van der Waals surface area contributed by atoms with Crippen LogP contribution in [0, 0.1) is 5.21 Å². The van der Waals surface area contributed by atoms with Crippen LogP contribution in [0.2, 0.25) is 0 Å². The van der Waals surface area contributed by atoms with Crippen LogP contribution >= 0.6 is 24.2 Å². The van der Waals surface area contributed by atoms with Gasteiger partial charge in [-0.3, -0.25) is 4.79 Å². The summed E-state index contributed by atoms with van der Waals surface area (Å²) in [4.78, 5) is 23.2. The summed E-state index contributed by atoms with van der Waals surface area (Å²) in [7, 11) is 0. The molecule has 0 aliphatic carbocycles. The number of hydroxylamine groups is 1. The molecule has 2 aromatic rings. The zero-order valence-corrected chi connectivity index (χ0v) is 15.7. The molecule has 1 aromatic carbocycles. The predicted octanol–water partition coefficient (Wildman–Crippen LogP) is 2.14. The number of thiol groups is 1. The predicted molar refractivity (Wildman–Crippen MR) is 101 cm³/mol. The molecule has 0 spiro atoms. The molecule has 2 N–H and O–H groups in total. The van der Waals surface area contributed by atoms with E-state index >= 15 is 0 Å². The topological polar surface area (TPSA) is 105 Å². The van der Waals surface area contributed by atoms with Gasteiger partial charge in [-0.05, 0) is 23.7 Å². The minimum absolute atomic E-state index is 0.00484. The molecule has 0 radical (unpaired) electrons. The third kappa shape index (κ3) is 4.49. The van der Waals surface area contributed by atoms with Gasteiger partial charge in [-0.15, -0.1) is 0 Å². The Balaban J connectivity index is 2.30. The van der Waals surface area contributed by atoms with Crippen molar-refractivity contribution in [2.45, 2.75) is 32.4 Å². The number of carbonyl (C=O) groups is 2. The van der Waals surface area contributed by atoms with Crippen molar-refractivity contribution in [3.8, 4) is 0 Å². The quantitative estimate of drug-likeness (QED) is 0.242. The van der Waals surface area contributed by atoms with Gasteiger partial charge in [0.05, 0.1) is 4.70 Å². The fraction of sp³-hybridized carbons (Fsp3) is 0.375. The summed E-state index contributed by atoms with van der Waals surface area (Å²) < 4.78 is 5.84. The lowest BCUT2D eigenvalue weighted by molar-refractivity contribution is -0.530. The van der Waals surface area contributed by atoms with Crippen LogP contribution in [-0.4, -0.2) is 49.6 Å². The molecule has 0 saturated heterocycles. The average molecular weight is 381 g/mol. The van der Waals surface area contributed by atoms with Gasteiger partial charge >= 0.3 is 5.97 Å². The van der Waals surface area contributed by atoms with Gasteiger partial charge < -0.3 is 15.6 Å². The van der Waals surface area contributed by atoms with Crippen molar-refractivity contribution in [2.24, 2.45) is 0 Å². The van der Waals surface area contributed by atoms with Crippen LogP contribution in [0.15, 0.2) is 18.2 Å². The van der Waals surface area contributed by atoms with Crippen molar-refractivity contribution in [1.29, 1.82) is 0 Å². The second kappa shape index (κ2) is 7.40. The van der Waals surface area contributed by atoms with Crippen LogP contribution < -0.4 is 5.32 Å². The highest BCUT2D eigenvalue weighted by molar-refractivity contribution is 7.80. The molecule has 7 nitrogen and oxygen atoms in total. The molecule has 2 rings (SSSR count). The fourth-order valence-corrected chi connectivity index (χ4v) is 2.96. The van der Waals surface area contributed by atoms with Crippen molar-refractivity contribution < 1.29 is 19.4 Å². The first-order chi connectivity index (χ1) is 11.6. The Labute approximate surface area is 154 Å². The zero-order chi connectivity index (χ0) is 18.8. The number of aliphatic carboxylic acids is 1. The lowest BCUT2D eigenvalue weighted by Gasteiger charge is -2.18. The normalized spacial score (nSPS) is 13.7. The summed E-state index contributed by atoms with van der Waals surface area (Å²) in [6.07, 6.45) is 1.43. The molecule has 0 aliphatic rings. The minimum atomic E-state index is -1.14. The average Bonchev–Trinajstić information content (AvgIpc) is 2.93. The first kappa shape index (κ1) is 19.2. The molecule has 9 heteroatoms. The van der Waals surface area contributed by atoms with E-state index in [0.29, 0.717) is 11.3 Å². The molecule has 134 valence electrons. The van der Waals surface area contributed by atoms with Crippen molar-refractivity contribution in [3.63, 3.8) is 0 Å². The Kier molecular flexibility index (Phi) is 5.69. The molecular formula is C16H19N3O4S2. The van der Waals surface area contributed by atoms with Gasteiger partial charge in [0.2, 0.25) is 6.21 Å². The molecule has 0 fully saturated rings. The van der Waals surface area contributed by atoms with Crippen LogP contribution in [0.5, 0.6) is 0 Å². The van der Waals surface area contributed by atoms with E-state index in [4.69, 9.17) is 5.11 Å². The van der Waals surface area contributed by atoms with Crippen molar-refractivity contribution in [3.05, 3.63) is 34.7 Å². The maximum atomic E-state index is 12.2. The zero-order valence-electron chi connectivity index (χ0n) is 14.0. The summed E-state index contributed by atoms with van der Waals surface area (Å²) in [5.41, 5.74) is 0.287. The molecule has 1 atom stereocenters. The van der Waals surface area contributed by atoms with Crippen LogP contribution in [0.1, 0.15) is 36.8 Å². The van der Waals surface area contributed by atoms with E-state index in [1.165, 1.54) is 17.7 Å². The fourth-order valence-electron chi connectivity index (χ4n) is 1.92. The first-order valence-corrected chi connectivity index (χ1v) is 8.89.